The molecule has 9 aromatic heterocycles. The predicted octanol–water partition coefficient (Wildman–Crippen LogP) is 16.9. The molecule has 0 atom stereocenters. The van der Waals surface area contributed by atoms with E-state index in [0.29, 0.717) is 120 Å². The first-order chi connectivity index (χ1) is 66.5. The number of anilines is 7. The van der Waals surface area contributed by atoms with Crippen LogP contribution in [0.25, 0.3) is 67.4 Å². The van der Waals surface area contributed by atoms with Gasteiger partial charge in [0.1, 0.15) is 94.0 Å². The number of amidine groups is 5. The zero-order valence-corrected chi connectivity index (χ0v) is 71.8. The van der Waals surface area contributed by atoms with E-state index in [1.165, 1.54) is 128 Å². The van der Waals surface area contributed by atoms with Crippen molar-refractivity contribution in [1.82, 2.24) is 86.0 Å². The number of benzene rings is 6. The van der Waals surface area contributed by atoms with Crippen molar-refractivity contribution in [2.45, 2.75) is 19.8 Å². The Hall–Kier alpha value is -17.4. The summed E-state index contributed by atoms with van der Waals surface area (Å²) < 4.78 is 155. The number of nitrogens with one attached hydrogen (secondary N) is 12. The molecule has 2 amide bonds. The lowest BCUT2D eigenvalue weighted by molar-refractivity contribution is -0.114. The summed E-state index contributed by atoms with van der Waals surface area (Å²) in [6, 6.07) is 30.2. The number of hydrogen-bond donors (Lipinski definition) is 14. The summed E-state index contributed by atoms with van der Waals surface area (Å²) in [5.74, 6) is -6.60. The Morgan fingerprint density at radius 1 is 0.438 bits per heavy atom. The van der Waals surface area contributed by atoms with Crippen molar-refractivity contribution in [3.8, 4) is 56.3 Å². The maximum atomic E-state index is 14.4. The van der Waals surface area contributed by atoms with Gasteiger partial charge in [0.05, 0.1) is 152 Å². The summed E-state index contributed by atoms with van der Waals surface area (Å²) in [5, 5.41) is 64.1. The number of nitrogen functional groups attached to an aromatic ring is 1. The molecule has 0 fully saturated rings. The van der Waals surface area contributed by atoms with Gasteiger partial charge in [-0.25, -0.2) is 93.2 Å². The summed E-state index contributed by atoms with van der Waals surface area (Å²) in [7, 11) is 1.51. The summed E-state index contributed by atoms with van der Waals surface area (Å²) in [6.07, 6.45) is 19.9. The van der Waals surface area contributed by atoms with E-state index in [1.54, 1.807) is 49.1 Å². The van der Waals surface area contributed by atoms with Crippen molar-refractivity contribution in [2.24, 2.45) is 25.0 Å². The zero-order chi connectivity index (χ0) is 95.2. The zero-order valence-electron chi connectivity index (χ0n) is 71.8. The monoisotopic (exact) mass is 1870 g/mol. The number of carbonyl (C=O) groups is 2. The molecule has 7 aliphatic heterocycles. The molecule has 0 bridgehead atoms. The molecule has 15 aromatic rings. The van der Waals surface area contributed by atoms with Crippen molar-refractivity contribution >= 4 is 121 Å². The molecule has 0 saturated heterocycles. The lowest BCUT2D eigenvalue weighted by atomic mass is 9.98. The SMILES string of the molecule is CC(=O)Nc1cnc2c(c1)-c1[nH]ncc1NC(c1c(F)cccc1F)=N2.CN(CCF)C(=O)c1ccc2c(c1)-c1[nH]ncc1NC(c1c(F)cccc1F)=N2.Fc1cccc(F)c1C1=Nc2ncc(C3=CCNCC3)cc2-c2[nH]ncc2N1.Nc1cnc2c(c1)-c1[nH]ncc1NC(c1c(F)cccc1F)=N2.OCCN1CC=C(c2cnc3c(c2)-c2[nH]ncc2NC(c2c(F)cccc2F)=N3)CC1. The lowest BCUT2D eigenvalue weighted by Gasteiger charge is -2.25. The average Bonchev–Trinajstić information content (AvgIpc) is 1.76. The number of amides is 2. The quantitative estimate of drug-likeness (QED) is 0.0477. The Kier molecular flexibility index (Phi) is 25.8. The van der Waals surface area contributed by atoms with E-state index < -0.39 is 64.8 Å². The largest absolute Gasteiger partial charge is 0.397 e. The molecular formula is C94H74F11N29O3. The number of hydrogen-bond acceptors (Lipinski definition) is 25. The van der Waals surface area contributed by atoms with E-state index in [9.17, 15) is 57.9 Å². The Balaban J connectivity index is 0.000000114. The number of nitrogens with zero attached hydrogens (tertiary/aromatic N) is 16. The second-order valence-corrected chi connectivity index (χ2v) is 31.1. The molecule has 0 unspecified atom stereocenters. The Labute approximate surface area is 768 Å². The molecule has 0 saturated carbocycles. The van der Waals surface area contributed by atoms with E-state index in [0.717, 1.165) is 85.5 Å². The number of carbonyl (C=O) groups excluding carboxylic acids is 2. The Morgan fingerprint density at radius 3 is 1.17 bits per heavy atom. The van der Waals surface area contributed by atoms with Crippen LogP contribution < -0.4 is 43.0 Å². The molecule has 15 N–H and O–H groups in total. The van der Waals surface area contributed by atoms with Crippen molar-refractivity contribution < 1.29 is 63.0 Å². The van der Waals surface area contributed by atoms with Crippen LogP contribution >= 0.6 is 0 Å². The smallest absolute Gasteiger partial charge is 0.253 e. The molecule has 6 aromatic carbocycles. The fourth-order valence-electron chi connectivity index (χ4n) is 15.6. The van der Waals surface area contributed by atoms with Crippen LogP contribution in [0, 0.1) is 58.2 Å². The van der Waals surface area contributed by atoms with Crippen LogP contribution in [-0.4, -0.2) is 186 Å². The molecule has 137 heavy (non-hydrogen) atoms. The summed E-state index contributed by atoms with van der Waals surface area (Å²) in [6.45, 7) is 4.85. The fourth-order valence-corrected chi connectivity index (χ4v) is 15.6. The van der Waals surface area contributed by atoms with Crippen molar-refractivity contribution in [1.29, 1.82) is 0 Å². The van der Waals surface area contributed by atoms with Crippen molar-refractivity contribution in [3.63, 3.8) is 0 Å². The first-order valence-corrected chi connectivity index (χ1v) is 42.1. The number of aromatic amines is 5. The van der Waals surface area contributed by atoms with Gasteiger partial charge < -0.3 is 53.0 Å². The van der Waals surface area contributed by atoms with Gasteiger partial charge >= 0.3 is 0 Å². The number of aliphatic hydroxyl groups excluding tert-OH is 1. The highest BCUT2D eigenvalue weighted by Crippen LogP contribution is 2.45. The van der Waals surface area contributed by atoms with E-state index >= 15 is 0 Å². The maximum Gasteiger partial charge on any atom is 0.253 e. The van der Waals surface area contributed by atoms with Gasteiger partial charge in [0, 0.05) is 92.5 Å². The third kappa shape index (κ3) is 19.0. The van der Waals surface area contributed by atoms with E-state index in [-0.39, 0.29) is 93.6 Å². The van der Waals surface area contributed by atoms with Gasteiger partial charge in [0.25, 0.3) is 5.91 Å². The number of pyridine rings is 4. The first-order valence-electron chi connectivity index (χ1n) is 42.1. The minimum atomic E-state index is -0.760. The molecule has 0 aliphatic carbocycles. The first kappa shape index (κ1) is 90.2. The minimum Gasteiger partial charge on any atom is -0.397 e. The molecule has 690 valence electrons. The van der Waals surface area contributed by atoms with Crippen LogP contribution in [0.5, 0.6) is 0 Å². The van der Waals surface area contributed by atoms with Gasteiger partial charge in [0.15, 0.2) is 23.3 Å². The number of alkyl halides is 1. The Morgan fingerprint density at radius 2 is 0.803 bits per heavy atom. The Bertz CT molecular complexity index is 7380. The number of aliphatic hydroxyl groups is 1. The highest BCUT2D eigenvalue weighted by atomic mass is 19.2. The van der Waals surface area contributed by atoms with Crippen LogP contribution in [0.1, 0.15) is 69.1 Å². The number of halogens is 11. The lowest BCUT2D eigenvalue weighted by Crippen LogP contribution is -2.31. The van der Waals surface area contributed by atoms with E-state index in [2.05, 4.69) is 150 Å². The normalized spacial score (nSPS) is 13.9. The predicted molar refractivity (Wildman–Crippen MR) is 495 cm³/mol. The van der Waals surface area contributed by atoms with Gasteiger partial charge in [-0.05, 0) is 145 Å². The van der Waals surface area contributed by atoms with Gasteiger partial charge in [0.2, 0.25) is 5.91 Å². The van der Waals surface area contributed by atoms with Gasteiger partial charge in [-0.1, -0.05) is 42.5 Å². The third-order valence-electron chi connectivity index (χ3n) is 22.2. The van der Waals surface area contributed by atoms with E-state index in [1.807, 2.05) is 12.1 Å². The molecular weight excluding hydrogens is 1790 g/mol. The number of β-amino-alcohol motifs (C(OH)–C–C–N with tert-alkyl or cyclic N) is 1. The molecule has 22 rings (SSSR count). The van der Waals surface area contributed by atoms with Crippen LogP contribution in [0.2, 0.25) is 0 Å². The fraction of sp³-hybridized carbons (Fsp3) is 0.128. The highest BCUT2D eigenvalue weighted by Gasteiger charge is 2.32. The van der Waals surface area contributed by atoms with Crippen LogP contribution in [-0.2, 0) is 4.79 Å². The summed E-state index contributed by atoms with van der Waals surface area (Å²) in [4.78, 5) is 66.4. The summed E-state index contributed by atoms with van der Waals surface area (Å²) >= 11 is 0. The van der Waals surface area contributed by atoms with E-state index in [4.69, 9.17) is 10.8 Å². The second kappa shape index (κ2) is 39.2. The standard InChI is InChI=1S/C22H20F2N6O.C20H16F3N5O.C20H16F2N6.C17H12F2N6O.C15H10F2N6/c23-16-2-1-3-17(24)19(16)22-27-18-12-26-29-20(18)15-10-14(11-25-21(15)28-22)13-4-6-30(7-5-13)8-9-31;1-28(8-7-21)20(29)11-5-6-15-12(9-11)18-16(10-24-27-18)26-19(25-15)17-13(22)3-2-4-14(17)23;21-14-2-1-3-15(22)17(14)20-26-16-10-25-28-18(16)13-8-12(9-24-19(13)27-20)11-4-6-23-7-5-11;1-8(26)22-9-5-10-15-13(7-21-25-15)23-17(24-16(10)20-6-9)14-11(18)3-2-4-12(14)19;16-9-2-1-3-10(17)12(9)15-21-11-6-20-23-13(11)8-4-7(18)5-19-14(8)22-15/h1-4,10-12,31H,5-9H2,(H,26,29)(H,25,27,28);2-6,9-10H,7-8H2,1H3,(H,24,27)(H,25,26);1-4,8-10,23H,5-7H2,(H,25,28)(H,24,26,27);2-7H,1H3,(H,21,25)(H,22,26)(H,20,23,24);1-6H,18H2,(H,20,23)(H,19,21,22). The van der Waals surface area contributed by atoms with Crippen LogP contribution in [0.4, 0.5) is 117 Å². The molecule has 0 spiro atoms. The van der Waals surface area contributed by atoms with Gasteiger partial charge in [-0.15, -0.1) is 0 Å². The van der Waals surface area contributed by atoms with Crippen LogP contribution in [0.15, 0.2) is 226 Å². The maximum absolute atomic E-state index is 14.4. The van der Waals surface area contributed by atoms with Crippen LogP contribution in [0.3, 0.4) is 0 Å². The van der Waals surface area contributed by atoms with Crippen molar-refractivity contribution in [3.05, 3.63) is 304 Å². The molecule has 43 heteroatoms. The van der Waals surface area contributed by atoms with Gasteiger partial charge in [-0.2, -0.15) is 25.5 Å². The molecule has 16 heterocycles. The summed E-state index contributed by atoms with van der Waals surface area (Å²) in [5.41, 5.74) is 19.0. The number of aromatic nitrogens is 14. The number of rotatable bonds is 13. The molecule has 0 radical (unpaired) electrons. The number of nitrogens with two attached hydrogens (primary N) is 1. The minimum absolute atomic E-state index is 0.0132. The molecule has 7 aliphatic rings. The topological polar surface area (TPSA) is 428 Å². The highest BCUT2D eigenvalue weighted by molar-refractivity contribution is 6.17. The molecule has 32 nitrogen and oxygen atoms in total. The van der Waals surface area contributed by atoms with Gasteiger partial charge in [-0.3, -0.25) is 40.0 Å². The van der Waals surface area contributed by atoms with Crippen molar-refractivity contribution in [2.75, 3.05) is 97.2 Å². The average molecular weight is 1870 g/mol. The number of H-pyrrole nitrogens is 5. The number of aliphatic imine (C=N–C) groups is 5. The number of fused-ring (bicyclic) bond motifs is 15. The third-order valence-corrected chi connectivity index (χ3v) is 22.2. The second-order valence-electron chi connectivity index (χ2n) is 31.1.